The number of amides is 1. The van der Waals surface area contributed by atoms with Gasteiger partial charge in [-0.3, -0.25) is 4.79 Å². The van der Waals surface area contributed by atoms with E-state index in [0.717, 1.165) is 30.3 Å². The average Bonchev–Trinajstić information content (AvgIpc) is 2.45. The number of rotatable bonds is 5. The molecule has 1 aromatic rings. The summed E-state index contributed by atoms with van der Waals surface area (Å²) in [5.41, 5.74) is 1.82. The number of ether oxygens (including phenoxy) is 1. The van der Waals surface area contributed by atoms with Gasteiger partial charge in [-0.1, -0.05) is 54.9 Å². The van der Waals surface area contributed by atoms with Gasteiger partial charge in [0.25, 0.3) is 0 Å². The Morgan fingerprint density at radius 1 is 1.08 bits per heavy atom. The van der Waals surface area contributed by atoms with E-state index >= 15 is 0 Å². The second-order valence-corrected chi connectivity index (χ2v) is 8.23. The monoisotopic (exact) mass is 333 g/mol. The van der Waals surface area contributed by atoms with Gasteiger partial charge in [0.1, 0.15) is 12.0 Å². The molecule has 0 radical (unpaired) electrons. The van der Waals surface area contributed by atoms with Crippen LogP contribution in [0.4, 0.5) is 4.79 Å². The molecule has 0 saturated carbocycles. The lowest BCUT2D eigenvalue weighted by atomic mass is 9.78. The lowest BCUT2D eigenvalue weighted by molar-refractivity contribution is 0.112. The smallest absolute Gasteiger partial charge is 0.410 e. The van der Waals surface area contributed by atoms with Gasteiger partial charge in [-0.25, -0.2) is 4.79 Å². The second-order valence-electron chi connectivity index (χ2n) is 8.23. The Bertz CT molecular complexity index is 557. The number of nitrogens with one attached hydrogen (secondary N) is 1. The normalized spacial score (nSPS) is 12.0. The summed E-state index contributed by atoms with van der Waals surface area (Å²) >= 11 is 0. The minimum Gasteiger partial charge on any atom is -0.410 e. The molecule has 0 aliphatic heterocycles. The maximum absolute atomic E-state index is 12.2. The lowest BCUT2D eigenvalue weighted by Crippen LogP contribution is -2.30. The quantitative estimate of drug-likeness (QED) is 0.610. The molecule has 1 rings (SSSR count). The van der Waals surface area contributed by atoms with Crippen LogP contribution in [0.25, 0.3) is 0 Å². The topological polar surface area (TPSA) is 55.4 Å². The first-order chi connectivity index (χ1) is 11.0. The van der Waals surface area contributed by atoms with Gasteiger partial charge >= 0.3 is 6.09 Å². The minimum atomic E-state index is -0.446. The van der Waals surface area contributed by atoms with E-state index in [-0.39, 0.29) is 10.8 Å². The highest BCUT2D eigenvalue weighted by molar-refractivity contribution is 5.79. The predicted octanol–water partition coefficient (Wildman–Crippen LogP) is 4.98. The second kappa shape index (κ2) is 7.82. The summed E-state index contributed by atoms with van der Waals surface area (Å²) in [5, 5.41) is 2.79. The van der Waals surface area contributed by atoms with Gasteiger partial charge in [0.05, 0.1) is 0 Å². The molecule has 0 bridgehead atoms. The molecule has 0 aliphatic carbocycles. The first-order valence-electron chi connectivity index (χ1n) is 8.60. The molecule has 0 heterocycles. The zero-order chi connectivity index (χ0) is 18.5. The molecule has 1 aromatic carbocycles. The summed E-state index contributed by atoms with van der Waals surface area (Å²) in [7, 11) is 0. The first-order valence-corrected chi connectivity index (χ1v) is 8.60. The third kappa shape index (κ3) is 5.36. The van der Waals surface area contributed by atoms with E-state index in [1.807, 2.05) is 53.7 Å². The molecule has 1 N–H and O–H groups in total. The summed E-state index contributed by atoms with van der Waals surface area (Å²) in [6.07, 6.45) is 2.32. The fraction of sp³-hybridized carbons (Fsp3) is 0.600. The van der Waals surface area contributed by atoms with Crippen LogP contribution in [0, 0.1) is 0 Å². The molecular formula is C20H31NO3. The van der Waals surface area contributed by atoms with Crippen molar-refractivity contribution in [1.29, 1.82) is 0 Å². The summed E-state index contributed by atoms with van der Waals surface area (Å²) in [4.78, 5) is 23.5. The van der Waals surface area contributed by atoms with Gasteiger partial charge in [0, 0.05) is 23.2 Å². The number of benzene rings is 1. The SMILES string of the molecule is CCCCNC(=O)Oc1c(C(C)(C)C)cc(C=O)cc1C(C)(C)C. The maximum atomic E-state index is 12.2. The molecule has 4 nitrogen and oxygen atoms in total. The largest absolute Gasteiger partial charge is 0.412 e. The number of carbonyl (C=O) groups excluding carboxylic acids is 2. The standard InChI is InChI=1S/C20H31NO3/c1-8-9-10-21-18(23)24-17-15(19(2,3)4)11-14(13-22)12-16(17)20(5,6)7/h11-13H,8-10H2,1-7H3,(H,21,23). The molecule has 0 fully saturated rings. The zero-order valence-corrected chi connectivity index (χ0v) is 16.1. The maximum Gasteiger partial charge on any atom is 0.412 e. The number of unbranched alkanes of at least 4 members (excludes halogenated alkanes) is 1. The highest BCUT2D eigenvalue weighted by atomic mass is 16.6. The van der Waals surface area contributed by atoms with Crippen molar-refractivity contribution in [3.8, 4) is 5.75 Å². The highest BCUT2D eigenvalue weighted by Crippen LogP contribution is 2.40. The van der Waals surface area contributed by atoms with Crippen molar-refractivity contribution in [3.63, 3.8) is 0 Å². The summed E-state index contributed by atoms with van der Waals surface area (Å²) < 4.78 is 5.71. The Kier molecular flexibility index (Phi) is 6.58. The van der Waals surface area contributed by atoms with Gasteiger partial charge in [-0.15, -0.1) is 0 Å². The summed E-state index contributed by atoms with van der Waals surface area (Å²) in [6.45, 7) is 14.9. The van der Waals surface area contributed by atoms with Crippen molar-refractivity contribution in [1.82, 2.24) is 5.32 Å². The van der Waals surface area contributed by atoms with E-state index in [0.29, 0.717) is 17.9 Å². The number of aldehydes is 1. The molecule has 24 heavy (non-hydrogen) atoms. The Hall–Kier alpha value is -1.84. The fourth-order valence-electron chi connectivity index (χ4n) is 2.44. The van der Waals surface area contributed by atoms with Crippen LogP contribution in [0.15, 0.2) is 12.1 Å². The first kappa shape index (κ1) is 20.2. The zero-order valence-electron chi connectivity index (χ0n) is 16.1. The van der Waals surface area contributed by atoms with Gasteiger partial charge in [0.2, 0.25) is 0 Å². The third-order valence-electron chi connectivity index (χ3n) is 3.86. The molecule has 134 valence electrons. The van der Waals surface area contributed by atoms with Gasteiger partial charge in [0.15, 0.2) is 0 Å². The van der Waals surface area contributed by atoms with E-state index < -0.39 is 6.09 Å². The van der Waals surface area contributed by atoms with Crippen LogP contribution in [0.1, 0.15) is 82.8 Å². The summed E-state index contributed by atoms with van der Waals surface area (Å²) in [6, 6.07) is 3.63. The van der Waals surface area contributed by atoms with Gasteiger partial charge in [-0.2, -0.15) is 0 Å². The third-order valence-corrected chi connectivity index (χ3v) is 3.86. The van der Waals surface area contributed by atoms with Crippen molar-refractivity contribution in [2.75, 3.05) is 6.54 Å². The van der Waals surface area contributed by atoms with Crippen LogP contribution < -0.4 is 10.1 Å². The fourth-order valence-corrected chi connectivity index (χ4v) is 2.44. The van der Waals surface area contributed by atoms with Crippen molar-refractivity contribution in [2.24, 2.45) is 0 Å². The number of hydrogen-bond acceptors (Lipinski definition) is 3. The molecule has 0 aliphatic rings. The van der Waals surface area contributed by atoms with Crippen LogP contribution in [-0.2, 0) is 10.8 Å². The highest BCUT2D eigenvalue weighted by Gasteiger charge is 2.29. The molecule has 0 unspecified atom stereocenters. The number of hydrogen-bond donors (Lipinski definition) is 1. The van der Waals surface area contributed by atoms with Crippen LogP contribution in [-0.4, -0.2) is 18.9 Å². The van der Waals surface area contributed by atoms with Crippen LogP contribution >= 0.6 is 0 Å². The lowest BCUT2D eigenvalue weighted by Gasteiger charge is -2.29. The van der Waals surface area contributed by atoms with Crippen molar-refractivity contribution >= 4 is 12.4 Å². The van der Waals surface area contributed by atoms with E-state index in [1.54, 1.807) is 0 Å². The van der Waals surface area contributed by atoms with Crippen LogP contribution in [0.5, 0.6) is 5.75 Å². The van der Waals surface area contributed by atoms with Crippen LogP contribution in [0.3, 0.4) is 0 Å². The molecule has 0 spiro atoms. The van der Waals surface area contributed by atoms with Crippen molar-refractivity contribution < 1.29 is 14.3 Å². The Morgan fingerprint density at radius 3 is 1.96 bits per heavy atom. The van der Waals surface area contributed by atoms with Crippen LogP contribution in [0.2, 0.25) is 0 Å². The van der Waals surface area contributed by atoms with E-state index in [2.05, 4.69) is 12.2 Å². The molecule has 0 atom stereocenters. The van der Waals surface area contributed by atoms with E-state index in [4.69, 9.17) is 4.74 Å². The Morgan fingerprint density at radius 2 is 1.58 bits per heavy atom. The Balaban J connectivity index is 3.37. The van der Waals surface area contributed by atoms with E-state index in [9.17, 15) is 9.59 Å². The average molecular weight is 333 g/mol. The minimum absolute atomic E-state index is 0.252. The van der Waals surface area contributed by atoms with Gasteiger partial charge in [-0.05, 0) is 29.4 Å². The predicted molar refractivity (Wildman–Crippen MR) is 98.2 cm³/mol. The van der Waals surface area contributed by atoms with Gasteiger partial charge < -0.3 is 10.1 Å². The Labute approximate surface area is 146 Å². The number of carbonyl (C=O) groups is 2. The molecule has 0 aromatic heterocycles. The molecule has 0 saturated heterocycles. The molecular weight excluding hydrogens is 302 g/mol. The molecule has 1 amide bonds. The molecule has 4 heteroatoms. The van der Waals surface area contributed by atoms with Crippen molar-refractivity contribution in [3.05, 3.63) is 28.8 Å². The summed E-state index contributed by atoms with van der Waals surface area (Å²) in [5.74, 6) is 0.564. The van der Waals surface area contributed by atoms with E-state index in [1.165, 1.54) is 0 Å². The van der Waals surface area contributed by atoms with Crippen molar-refractivity contribution in [2.45, 2.75) is 72.1 Å².